The van der Waals surface area contributed by atoms with E-state index >= 15 is 0 Å². The normalized spacial score (nSPS) is 11.2. The molecule has 19 heavy (non-hydrogen) atoms. The van der Waals surface area contributed by atoms with Crippen molar-refractivity contribution < 1.29 is 0 Å². The Labute approximate surface area is 113 Å². The van der Waals surface area contributed by atoms with E-state index < -0.39 is 0 Å². The maximum absolute atomic E-state index is 4.50. The molecule has 0 fully saturated rings. The minimum absolute atomic E-state index is 0.985. The van der Waals surface area contributed by atoms with Crippen LogP contribution >= 0.6 is 0 Å². The fourth-order valence-corrected chi connectivity index (χ4v) is 2.07. The average molecular weight is 245 g/mol. The lowest BCUT2D eigenvalue weighted by atomic mass is 10.1. The van der Waals surface area contributed by atoms with E-state index in [1.165, 1.54) is 16.3 Å². The first-order chi connectivity index (χ1) is 9.31. The number of hydrogen-bond acceptors (Lipinski definition) is 1. The van der Waals surface area contributed by atoms with Gasteiger partial charge in [0.25, 0.3) is 0 Å². The van der Waals surface area contributed by atoms with Gasteiger partial charge in [-0.3, -0.25) is 4.99 Å². The molecule has 0 heterocycles. The molecule has 1 nitrogen and oxygen atoms in total. The third-order valence-electron chi connectivity index (χ3n) is 3.17. The Morgan fingerprint density at radius 3 is 2.32 bits per heavy atom. The second-order valence-corrected chi connectivity index (χ2v) is 4.70. The van der Waals surface area contributed by atoms with E-state index in [0.717, 1.165) is 11.3 Å². The Bertz CT molecular complexity index is 724. The Morgan fingerprint density at radius 1 is 0.789 bits per heavy atom. The molecule has 0 aliphatic carbocycles. The fourth-order valence-electron chi connectivity index (χ4n) is 2.07. The van der Waals surface area contributed by atoms with Crippen molar-refractivity contribution in [2.24, 2.45) is 4.99 Å². The van der Waals surface area contributed by atoms with E-state index in [-0.39, 0.29) is 0 Å². The molecule has 0 radical (unpaired) electrons. The van der Waals surface area contributed by atoms with Gasteiger partial charge in [-0.05, 0) is 41.5 Å². The quantitative estimate of drug-likeness (QED) is 0.569. The van der Waals surface area contributed by atoms with Crippen LogP contribution < -0.4 is 0 Å². The maximum Gasteiger partial charge on any atom is 0.0630 e. The molecule has 0 saturated heterocycles. The minimum Gasteiger partial charge on any atom is -0.256 e. The SMILES string of the molecule is Cc1ccc(N=Cc2ccc3ccccc3c2)cc1. The molecule has 0 aliphatic heterocycles. The van der Waals surface area contributed by atoms with Crippen molar-refractivity contribution >= 4 is 22.7 Å². The van der Waals surface area contributed by atoms with Crippen LogP contribution in [0.5, 0.6) is 0 Å². The molecule has 0 unspecified atom stereocenters. The van der Waals surface area contributed by atoms with Gasteiger partial charge in [-0.25, -0.2) is 0 Å². The van der Waals surface area contributed by atoms with Crippen molar-refractivity contribution in [3.63, 3.8) is 0 Å². The Morgan fingerprint density at radius 2 is 1.53 bits per heavy atom. The fraction of sp³-hybridized carbons (Fsp3) is 0.0556. The first-order valence-electron chi connectivity index (χ1n) is 6.41. The molecule has 0 spiro atoms. The van der Waals surface area contributed by atoms with Crippen LogP contribution in [0.4, 0.5) is 5.69 Å². The largest absolute Gasteiger partial charge is 0.256 e. The lowest BCUT2D eigenvalue weighted by Crippen LogP contribution is -1.81. The molecule has 0 aromatic heterocycles. The highest BCUT2D eigenvalue weighted by atomic mass is 14.7. The van der Waals surface area contributed by atoms with Gasteiger partial charge in [0, 0.05) is 6.21 Å². The van der Waals surface area contributed by atoms with Gasteiger partial charge >= 0.3 is 0 Å². The summed E-state index contributed by atoms with van der Waals surface area (Å²) in [5.74, 6) is 0. The lowest BCUT2D eigenvalue weighted by molar-refractivity contribution is 1.44. The molecule has 0 atom stereocenters. The Balaban J connectivity index is 1.90. The van der Waals surface area contributed by atoms with Crippen molar-refractivity contribution in [1.29, 1.82) is 0 Å². The number of fused-ring (bicyclic) bond motifs is 1. The molecule has 0 N–H and O–H groups in total. The molecular weight excluding hydrogens is 230 g/mol. The third-order valence-corrected chi connectivity index (χ3v) is 3.17. The summed E-state index contributed by atoms with van der Waals surface area (Å²) < 4.78 is 0. The molecule has 0 amide bonds. The van der Waals surface area contributed by atoms with Crippen LogP contribution in [0.15, 0.2) is 71.7 Å². The molecule has 1 heteroatoms. The van der Waals surface area contributed by atoms with Crippen LogP contribution in [0.1, 0.15) is 11.1 Å². The van der Waals surface area contributed by atoms with Gasteiger partial charge in [-0.15, -0.1) is 0 Å². The number of nitrogens with zero attached hydrogens (tertiary/aromatic N) is 1. The van der Waals surface area contributed by atoms with E-state index in [1.54, 1.807) is 0 Å². The first-order valence-corrected chi connectivity index (χ1v) is 6.41. The van der Waals surface area contributed by atoms with Gasteiger partial charge in [-0.2, -0.15) is 0 Å². The highest BCUT2D eigenvalue weighted by Gasteiger charge is 1.94. The van der Waals surface area contributed by atoms with Gasteiger partial charge in [0.15, 0.2) is 0 Å². The number of benzene rings is 3. The monoisotopic (exact) mass is 245 g/mol. The summed E-state index contributed by atoms with van der Waals surface area (Å²) in [4.78, 5) is 4.50. The average Bonchev–Trinajstić information content (AvgIpc) is 2.46. The zero-order valence-corrected chi connectivity index (χ0v) is 10.9. The van der Waals surface area contributed by atoms with E-state index in [9.17, 15) is 0 Å². The summed E-state index contributed by atoms with van der Waals surface area (Å²) in [7, 11) is 0. The molecular formula is C18H15N. The van der Waals surface area contributed by atoms with E-state index in [0.29, 0.717) is 0 Å². The highest BCUT2D eigenvalue weighted by molar-refractivity contribution is 5.91. The minimum atomic E-state index is 0.985. The van der Waals surface area contributed by atoms with E-state index in [1.807, 2.05) is 18.3 Å². The van der Waals surface area contributed by atoms with Gasteiger partial charge in [0.1, 0.15) is 0 Å². The van der Waals surface area contributed by atoms with Crippen LogP contribution in [-0.2, 0) is 0 Å². The summed E-state index contributed by atoms with van der Waals surface area (Å²) in [6.07, 6.45) is 1.91. The second kappa shape index (κ2) is 5.07. The van der Waals surface area contributed by atoms with Crippen molar-refractivity contribution in [3.05, 3.63) is 77.9 Å². The van der Waals surface area contributed by atoms with Crippen LogP contribution in [0.25, 0.3) is 10.8 Å². The number of rotatable bonds is 2. The van der Waals surface area contributed by atoms with Gasteiger partial charge < -0.3 is 0 Å². The summed E-state index contributed by atoms with van der Waals surface area (Å²) in [5.41, 5.74) is 3.36. The van der Waals surface area contributed by atoms with Gasteiger partial charge in [0.2, 0.25) is 0 Å². The van der Waals surface area contributed by atoms with E-state index in [4.69, 9.17) is 0 Å². The summed E-state index contributed by atoms with van der Waals surface area (Å²) >= 11 is 0. The van der Waals surface area contributed by atoms with Gasteiger partial charge in [-0.1, -0.05) is 54.1 Å². The van der Waals surface area contributed by atoms with Crippen LogP contribution in [-0.4, -0.2) is 6.21 Å². The lowest BCUT2D eigenvalue weighted by Gasteiger charge is -1.99. The predicted octanol–water partition coefficient (Wildman–Crippen LogP) is 4.90. The van der Waals surface area contributed by atoms with Gasteiger partial charge in [0.05, 0.1) is 5.69 Å². The Hall–Kier alpha value is -2.41. The molecule has 0 bridgehead atoms. The molecule has 0 saturated carbocycles. The van der Waals surface area contributed by atoms with Crippen LogP contribution in [0.3, 0.4) is 0 Å². The zero-order valence-electron chi connectivity index (χ0n) is 10.9. The summed E-state index contributed by atoms with van der Waals surface area (Å²) in [5, 5.41) is 2.50. The smallest absolute Gasteiger partial charge is 0.0630 e. The predicted molar refractivity (Wildman–Crippen MR) is 82.4 cm³/mol. The standard InChI is InChI=1S/C18H15N/c1-14-6-10-18(11-7-14)19-13-15-8-9-16-4-2-3-5-17(16)12-15/h2-13H,1H3. The topological polar surface area (TPSA) is 12.4 Å². The first kappa shape index (κ1) is 11.7. The molecule has 92 valence electrons. The van der Waals surface area contributed by atoms with Crippen molar-refractivity contribution in [3.8, 4) is 0 Å². The van der Waals surface area contributed by atoms with Crippen molar-refractivity contribution in [2.45, 2.75) is 6.92 Å². The highest BCUT2D eigenvalue weighted by Crippen LogP contribution is 2.16. The molecule has 3 aromatic carbocycles. The number of hydrogen-bond donors (Lipinski definition) is 0. The maximum atomic E-state index is 4.50. The molecule has 3 aromatic rings. The van der Waals surface area contributed by atoms with E-state index in [2.05, 4.69) is 66.5 Å². The summed E-state index contributed by atoms with van der Waals surface area (Å²) in [6.45, 7) is 2.08. The van der Waals surface area contributed by atoms with Crippen LogP contribution in [0.2, 0.25) is 0 Å². The number of aryl methyl sites for hydroxylation is 1. The molecule has 3 rings (SSSR count). The summed E-state index contributed by atoms with van der Waals surface area (Å²) in [6, 6.07) is 23.0. The Kier molecular flexibility index (Phi) is 3.11. The zero-order chi connectivity index (χ0) is 13.1. The third kappa shape index (κ3) is 2.71. The van der Waals surface area contributed by atoms with Crippen molar-refractivity contribution in [2.75, 3.05) is 0 Å². The number of aliphatic imine (C=N–C) groups is 1. The second-order valence-electron chi connectivity index (χ2n) is 4.70. The molecule has 0 aliphatic rings. The van der Waals surface area contributed by atoms with Crippen LogP contribution in [0, 0.1) is 6.92 Å². The van der Waals surface area contributed by atoms with Crippen molar-refractivity contribution in [1.82, 2.24) is 0 Å².